The topological polar surface area (TPSA) is 86.6 Å². The molecule has 1 radical (unpaired) electrons. The summed E-state index contributed by atoms with van der Waals surface area (Å²) in [6, 6.07) is 12.6. The number of aliphatic imine (C=N–C) groups is 1. The van der Waals surface area contributed by atoms with Crippen LogP contribution in [0.25, 0.3) is 10.9 Å². The molecule has 6 nitrogen and oxygen atoms in total. The van der Waals surface area contributed by atoms with Crippen LogP contribution >= 0.6 is 0 Å². The Bertz CT molecular complexity index is 1540. The lowest BCUT2D eigenvalue weighted by atomic mass is 9.68. The Labute approximate surface area is 248 Å². The number of fused-ring (bicyclic) bond motifs is 1. The maximum atomic E-state index is 13.4. The fourth-order valence-electron chi connectivity index (χ4n) is 5.43. The third-order valence-electron chi connectivity index (χ3n) is 7.96. The summed E-state index contributed by atoms with van der Waals surface area (Å²) >= 11 is 0. The van der Waals surface area contributed by atoms with E-state index in [-0.39, 0.29) is 18.4 Å². The normalized spacial score (nSPS) is 17.4. The van der Waals surface area contributed by atoms with Crippen LogP contribution in [0.2, 0.25) is 6.32 Å². The second-order valence-corrected chi connectivity index (χ2v) is 12.3. The maximum Gasteiger partial charge on any atom is 0.319 e. The van der Waals surface area contributed by atoms with Crippen LogP contribution in [0.1, 0.15) is 62.6 Å². The molecule has 3 aromatic rings. The minimum absolute atomic E-state index is 0.129. The number of aliphatic hydroxyl groups is 1. The van der Waals surface area contributed by atoms with E-state index >= 15 is 0 Å². The minimum Gasteiger partial charge on any atom is -0.389 e. The van der Waals surface area contributed by atoms with Crippen molar-refractivity contribution < 1.29 is 14.3 Å². The molecule has 1 aliphatic carbocycles. The summed E-state index contributed by atoms with van der Waals surface area (Å²) in [5.74, 6) is 0.721. The van der Waals surface area contributed by atoms with Crippen molar-refractivity contribution in [2.45, 2.75) is 70.7 Å². The van der Waals surface area contributed by atoms with E-state index in [1.807, 2.05) is 24.4 Å². The molecule has 1 aromatic heterocycles. The van der Waals surface area contributed by atoms with Gasteiger partial charge in [-0.25, -0.2) is 9.18 Å². The van der Waals surface area contributed by atoms with Crippen LogP contribution in [0.3, 0.4) is 0 Å². The molecule has 1 unspecified atom stereocenters. The van der Waals surface area contributed by atoms with Crippen molar-refractivity contribution in [2.24, 2.45) is 10.9 Å². The van der Waals surface area contributed by atoms with Gasteiger partial charge >= 0.3 is 6.03 Å². The lowest BCUT2D eigenvalue weighted by Gasteiger charge is -2.18. The summed E-state index contributed by atoms with van der Waals surface area (Å²) in [4.78, 5) is 21.8. The standard InChI is InChI=1S/C34H39BFN4O2/c1-21-18-35-30(14-22-5-10-27(36)11-6-22)29(21)17-28(37-4)12-7-23-13-25-16-26(24-8-9-24)19-38-32(25)31(15-23)40-33(41)39-20-34(2,3)42/h5-6,10-11,13,15-17,19,21,24,42H,4,7-9,12,14,18,20H2,1-3H3,(H2,39,40,41)/b28-17-. The van der Waals surface area contributed by atoms with Crippen LogP contribution < -0.4 is 10.6 Å². The SMILES string of the molecule is C=N/C(=C\C1=C(Cc2ccc(F)cc2)[B]CC1C)CCc1cc(NC(=O)NCC(C)(C)O)c2ncc(C3CC3)cc2c1. The molecule has 0 bridgehead atoms. The van der Waals surface area contributed by atoms with Gasteiger partial charge in [-0.3, -0.25) is 9.98 Å². The van der Waals surface area contributed by atoms with Gasteiger partial charge in [0.2, 0.25) is 0 Å². The summed E-state index contributed by atoms with van der Waals surface area (Å²) < 4.78 is 13.4. The van der Waals surface area contributed by atoms with Crippen molar-refractivity contribution in [1.82, 2.24) is 10.3 Å². The molecule has 8 heteroatoms. The van der Waals surface area contributed by atoms with Gasteiger partial charge in [-0.15, -0.1) is 5.47 Å². The van der Waals surface area contributed by atoms with Crippen LogP contribution in [0.15, 0.2) is 76.5 Å². The van der Waals surface area contributed by atoms with Gasteiger partial charge in [-0.2, -0.15) is 0 Å². The zero-order chi connectivity index (χ0) is 29.9. The Hall–Kier alpha value is -3.78. The average molecular weight is 566 g/mol. The van der Waals surface area contributed by atoms with Crippen LogP contribution in [-0.4, -0.2) is 42.3 Å². The van der Waals surface area contributed by atoms with Crippen molar-refractivity contribution >= 4 is 36.6 Å². The largest absolute Gasteiger partial charge is 0.389 e. The molecule has 42 heavy (non-hydrogen) atoms. The molecule has 1 saturated carbocycles. The zero-order valence-corrected chi connectivity index (χ0v) is 24.7. The smallest absolute Gasteiger partial charge is 0.319 e. The molecule has 0 spiro atoms. The number of allylic oxidation sites excluding steroid dienone is 4. The van der Waals surface area contributed by atoms with E-state index in [2.05, 4.69) is 54.8 Å². The summed E-state index contributed by atoms with van der Waals surface area (Å²) in [6.45, 7) is 9.50. The molecule has 1 atom stereocenters. The highest BCUT2D eigenvalue weighted by Gasteiger charge is 2.25. The molecule has 217 valence electrons. The molecule has 1 fully saturated rings. The molecule has 2 amide bonds. The number of anilines is 1. The van der Waals surface area contributed by atoms with Crippen LogP contribution in [0.5, 0.6) is 0 Å². The Morgan fingerprint density at radius 2 is 1.98 bits per heavy atom. The monoisotopic (exact) mass is 565 g/mol. The first-order valence-electron chi connectivity index (χ1n) is 14.8. The molecular weight excluding hydrogens is 526 g/mol. The highest BCUT2D eigenvalue weighted by molar-refractivity contribution is 6.47. The van der Waals surface area contributed by atoms with Gasteiger partial charge in [0.1, 0.15) is 13.1 Å². The Morgan fingerprint density at radius 1 is 1.21 bits per heavy atom. The Balaban J connectivity index is 1.37. The number of halogens is 1. The summed E-state index contributed by atoms with van der Waals surface area (Å²) in [6.07, 6.45) is 9.58. The minimum atomic E-state index is -1.01. The molecule has 2 heterocycles. The first-order chi connectivity index (χ1) is 20.1. The lowest BCUT2D eigenvalue weighted by molar-refractivity contribution is 0.0826. The summed E-state index contributed by atoms with van der Waals surface area (Å²) in [5.41, 5.74) is 7.16. The number of nitrogens with zero attached hydrogens (tertiary/aromatic N) is 2. The van der Waals surface area contributed by atoms with Crippen molar-refractivity contribution in [1.29, 1.82) is 0 Å². The number of amides is 2. The first-order valence-corrected chi connectivity index (χ1v) is 14.8. The van der Waals surface area contributed by atoms with E-state index in [9.17, 15) is 14.3 Å². The molecular formula is C34H39BFN4O2. The van der Waals surface area contributed by atoms with E-state index < -0.39 is 5.60 Å². The van der Waals surface area contributed by atoms with Crippen molar-refractivity contribution in [3.8, 4) is 0 Å². The maximum absolute atomic E-state index is 13.4. The molecule has 1 aliphatic heterocycles. The number of carbonyl (C=O) groups is 1. The Kier molecular flexibility index (Phi) is 8.92. The fourth-order valence-corrected chi connectivity index (χ4v) is 5.43. The van der Waals surface area contributed by atoms with Gasteiger partial charge in [0.15, 0.2) is 0 Å². The number of nitrogens with one attached hydrogen (secondary N) is 2. The second-order valence-electron chi connectivity index (χ2n) is 12.3. The molecule has 0 saturated heterocycles. The third kappa shape index (κ3) is 7.74. The van der Waals surface area contributed by atoms with Crippen LogP contribution in [0.4, 0.5) is 14.9 Å². The molecule has 5 rings (SSSR count). The number of hydrogen-bond acceptors (Lipinski definition) is 4. The second kappa shape index (κ2) is 12.6. The highest BCUT2D eigenvalue weighted by Crippen LogP contribution is 2.41. The van der Waals surface area contributed by atoms with Crippen molar-refractivity contribution in [2.75, 3.05) is 11.9 Å². The molecule has 3 N–H and O–H groups in total. The van der Waals surface area contributed by atoms with Gasteiger partial charge in [-0.1, -0.05) is 30.9 Å². The van der Waals surface area contributed by atoms with Gasteiger partial charge in [0.05, 0.1) is 16.8 Å². The fraction of sp³-hybridized carbons (Fsp3) is 0.382. The van der Waals surface area contributed by atoms with Crippen LogP contribution in [-0.2, 0) is 12.8 Å². The number of aromatic nitrogens is 1. The summed E-state index contributed by atoms with van der Waals surface area (Å²) in [7, 11) is 2.27. The van der Waals surface area contributed by atoms with E-state index in [0.29, 0.717) is 30.4 Å². The predicted molar refractivity (Wildman–Crippen MR) is 170 cm³/mol. The lowest BCUT2D eigenvalue weighted by Crippen LogP contribution is -2.40. The number of urea groups is 1. The first kappa shape index (κ1) is 29.7. The Morgan fingerprint density at radius 3 is 2.67 bits per heavy atom. The van der Waals surface area contributed by atoms with Gasteiger partial charge in [0, 0.05) is 23.8 Å². The quantitative estimate of drug-likeness (QED) is 0.174. The number of pyridine rings is 1. The van der Waals surface area contributed by atoms with Crippen molar-refractivity contribution in [3.63, 3.8) is 0 Å². The summed E-state index contributed by atoms with van der Waals surface area (Å²) in [5, 5.41) is 16.7. The van der Waals surface area contributed by atoms with Crippen LogP contribution in [0, 0.1) is 11.7 Å². The molecule has 2 aromatic carbocycles. The van der Waals surface area contributed by atoms with Crippen molar-refractivity contribution in [3.05, 3.63) is 94.0 Å². The third-order valence-corrected chi connectivity index (χ3v) is 7.96. The van der Waals surface area contributed by atoms with Gasteiger partial charge in [-0.05, 0) is 118 Å². The highest BCUT2D eigenvalue weighted by atomic mass is 19.1. The van der Waals surface area contributed by atoms with E-state index in [1.165, 1.54) is 41.6 Å². The zero-order valence-electron chi connectivity index (χ0n) is 24.7. The number of aryl methyl sites for hydroxylation is 1. The van der Waals surface area contributed by atoms with E-state index in [1.54, 1.807) is 13.8 Å². The van der Waals surface area contributed by atoms with E-state index in [4.69, 9.17) is 4.98 Å². The molecule has 2 aliphatic rings. The van der Waals surface area contributed by atoms with E-state index in [0.717, 1.165) is 40.5 Å². The average Bonchev–Trinajstić information content (AvgIpc) is 3.75. The number of rotatable bonds is 11. The van der Waals surface area contributed by atoms with Gasteiger partial charge < -0.3 is 15.7 Å². The van der Waals surface area contributed by atoms with Gasteiger partial charge in [0.25, 0.3) is 0 Å². The number of carbonyl (C=O) groups excluding carboxylic acids is 1. The number of hydrogen-bond donors (Lipinski definition) is 3. The number of benzene rings is 2. The predicted octanol–water partition coefficient (Wildman–Crippen LogP) is 6.93.